The van der Waals surface area contributed by atoms with Gasteiger partial charge in [-0.1, -0.05) is 12.8 Å². The highest BCUT2D eigenvalue weighted by molar-refractivity contribution is 5.80. The number of nitrogens with one attached hydrogen (secondary N) is 1. The van der Waals surface area contributed by atoms with Crippen molar-refractivity contribution in [2.24, 2.45) is 12.0 Å². The molecule has 27 heavy (non-hydrogen) atoms. The molecule has 7 heteroatoms. The minimum atomic E-state index is 0.0353. The van der Waals surface area contributed by atoms with Crippen LogP contribution in [0, 0.1) is 0 Å². The standard InChI is InChI=1S/C20H29N5O2/c1-24-14-16(13-22-24)19-15-25(10-12-27-19)20(23-17-5-2-3-6-17)21-9-8-18-7-4-11-26-18/h4,7,11,13-14,17,19H,2-3,5-6,8-10,12,15H2,1H3,(H,21,23). The number of aliphatic imine (C=N–C) groups is 1. The number of ether oxygens (including phenoxy) is 1. The summed E-state index contributed by atoms with van der Waals surface area (Å²) in [5.41, 5.74) is 1.12. The van der Waals surface area contributed by atoms with Crippen molar-refractivity contribution in [2.75, 3.05) is 26.2 Å². The summed E-state index contributed by atoms with van der Waals surface area (Å²) in [6.07, 6.45) is 11.6. The van der Waals surface area contributed by atoms with Crippen molar-refractivity contribution in [3.8, 4) is 0 Å². The first-order valence-electron chi connectivity index (χ1n) is 9.96. The van der Waals surface area contributed by atoms with E-state index < -0.39 is 0 Å². The number of guanidine groups is 1. The molecule has 146 valence electrons. The molecular weight excluding hydrogens is 342 g/mol. The summed E-state index contributed by atoms with van der Waals surface area (Å²) in [4.78, 5) is 7.25. The van der Waals surface area contributed by atoms with E-state index in [2.05, 4.69) is 15.3 Å². The highest BCUT2D eigenvalue weighted by atomic mass is 16.5. The van der Waals surface area contributed by atoms with Crippen LogP contribution in [0.5, 0.6) is 0 Å². The van der Waals surface area contributed by atoms with Crippen molar-refractivity contribution >= 4 is 5.96 Å². The number of furan rings is 1. The summed E-state index contributed by atoms with van der Waals surface area (Å²) in [6, 6.07) is 4.47. The molecule has 0 amide bonds. The lowest BCUT2D eigenvalue weighted by Gasteiger charge is -2.36. The normalized spacial score (nSPS) is 21.7. The smallest absolute Gasteiger partial charge is 0.194 e. The summed E-state index contributed by atoms with van der Waals surface area (Å²) in [6.45, 7) is 3.07. The fourth-order valence-corrected chi connectivity index (χ4v) is 3.87. The average molecular weight is 371 g/mol. The van der Waals surface area contributed by atoms with Crippen LogP contribution in [-0.4, -0.2) is 52.9 Å². The lowest BCUT2D eigenvalue weighted by molar-refractivity contribution is -0.00826. The molecule has 0 aromatic carbocycles. The van der Waals surface area contributed by atoms with Crippen molar-refractivity contribution in [1.82, 2.24) is 20.0 Å². The Bertz CT molecular complexity index is 733. The first-order chi connectivity index (χ1) is 13.3. The van der Waals surface area contributed by atoms with E-state index in [-0.39, 0.29) is 6.10 Å². The van der Waals surface area contributed by atoms with Crippen molar-refractivity contribution < 1.29 is 9.15 Å². The first kappa shape index (κ1) is 18.1. The summed E-state index contributed by atoms with van der Waals surface area (Å²) < 4.78 is 13.3. The van der Waals surface area contributed by atoms with E-state index in [0.717, 1.165) is 43.3 Å². The van der Waals surface area contributed by atoms with E-state index in [4.69, 9.17) is 14.1 Å². The first-order valence-corrected chi connectivity index (χ1v) is 9.96. The van der Waals surface area contributed by atoms with Crippen molar-refractivity contribution in [3.05, 3.63) is 42.1 Å². The predicted molar refractivity (Wildman–Crippen MR) is 104 cm³/mol. The third-order valence-electron chi connectivity index (χ3n) is 5.35. The molecule has 2 aliphatic rings. The van der Waals surface area contributed by atoms with Gasteiger partial charge in [0.1, 0.15) is 11.9 Å². The molecule has 0 bridgehead atoms. The zero-order valence-electron chi connectivity index (χ0n) is 16.0. The Morgan fingerprint density at radius 1 is 1.37 bits per heavy atom. The van der Waals surface area contributed by atoms with E-state index >= 15 is 0 Å². The predicted octanol–water partition coefficient (Wildman–Crippen LogP) is 2.52. The molecular formula is C20H29N5O2. The minimum absolute atomic E-state index is 0.0353. The van der Waals surface area contributed by atoms with Gasteiger partial charge in [-0.3, -0.25) is 9.67 Å². The highest BCUT2D eigenvalue weighted by Gasteiger charge is 2.27. The van der Waals surface area contributed by atoms with Gasteiger partial charge in [-0.2, -0.15) is 5.10 Å². The summed E-state index contributed by atoms with van der Waals surface area (Å²) >= 11 is 0. The summed E-state index contributed by atoms with van der Waals surface area (Å²) in [7, 11) is 1.94. The zero-order valence-corrected chi connectivity index (χ0v) is 16.0. The molecule has 1 unspecified atom stereocenters. The number of hydrogen-bond acceptors (Lipinski definition) is 4. The fraction of sp³-hybridized carbons (Fsp3) is 0.600. The molecule has 1 saturated heterocycles. The van der Waals surface area contributed by atoms with Gasteiger partial charge in [-0.25, -0.2) is 0 Å². The Balaban J connectivity index is 1.44. The van der Waals surface area contributed by atoms with E-state index in [1.54, 1.807) is 6.26 Å². The van der Waals surface area contributed by atoms with E-state index in [1.807, 2.05) is 36.3 Å². The fourth-order valence-electron chi connectivity index (χ4n) is 3.87. The van der Waals surface area contributed by atoms with Crippen LogP contribution in [0.3, 0.4) is 0 Å². The van der Waals surface area contributed by atoms with Crippen LogP contribution in [0.2, 0.25) is 0 Å². The molecule has 4 rings (SSSR count). The summed E-state index contributed by atoms with van der Waals surface area (Å²) in [5.74, 6) is 1.99. The van der Waals surface area contributed by atoms with Crippen LogP contribution >= 0.6 is 0 Å². The van der Waals surface area contributed by atoms with Gasteiger partial charge in [0.05, 0.1) is 25.6 Å². The molecule has 2 fully saturated rings. The Morgan fingerprint density at radius 2 is 2.26 bits per heavy atom. The van der Waals surface area contributed by atoms with Gasteiger partial charge in [0.2, 0.25) is 0 Å². The second kappa shape index (κ2) is 8.61. The van der Waals surface area contributed by atoms with Gasteiger partial charge in [0.25, 0.3) is 0 Å². The largest absolute Gasteiger partial charge is 0.469 e. The molecule has 3 heterocycles. The van der Waals surface area contributed by atoms with E-state index in [9.17, 15) is 0 Å². The van der Waals surface area contributed by atoms with Gasteiger partial charge in [0, 0.05) is 44.4 Å². The minimum Gasteiger partial charge on any atom is -0.469 e. The van der Waals surface area contributed by atoms with Gasteiger partial charge in [-0.05, 0) is 25.0 Å². The second-order valence-electron chi connectivity index (χ2n) is 7.41. The van der Waals surface area contributed by atoms with Crippen LogP contribution in [0.4, 0.5) is 0 Å². The number of morpholine rings is 1. The molecule has 1 N–H and O–H groups in total. The molecule has 2 aromatic rings. The number of rotatable bonds is 5. The summed E-state index contributed by atoms with van der Waals surface area (Å²) in [5, 5.41) is 8.00. The Labute approximate surface area is 160 Å². The molecule has 0 spiro atoms. The number of aryl methyl sites for hydroxylation is 1. The Hall–Kier alpha value is -2.28. The van der Waals surface area contributed by atoms with Crippen molar-refractivity contribution in [2.45, 2.75) is 44.2 Å². The third-order valence-corrected chi connectivity index (χ3v) is 5.35. The number of hydrogen-bond donors (Lipinski definition) is 1. The zero-order chi connectivity index (χ0) is 18.5. The Kier molecular flexibility index (Phi) is 5.77. The lowest BCUT2D eigenvalue weighted by Crippen LogP contribution is -2.50. The average Bonchev–Trinajstić information content (AvgIpc) is 3.44. The maximum Gasteiger partial charge on any atom is 0.194 e. The van der Waals surface area contributed by atoms with Crippen LogP contribution in [0.15, 0.2) is 40.2 Å². The maximum atomic E-state index is 6.00. The monoisotopic (exact) mass is 371 g/mol. The van der Waals surface area contributed by atoms with Crippen LogP contribution in [0.25, 0.3) is 0 Å². The maximum absolute atomic E-state index is 6.00. The quantitative estimate of drug-likeness (QED) is 0.646. The highest BCUT2D eigenvalue weighted by Crippen LogP contribution is 2.23. The van der Waals surface area contributed by atoms with Crippen LogP contribution in [0.1, 0.15) is 43.1 Å². The molecule has 0 radical (unpaired) electrons. The molecule has 1 aliphatic heterocycles. The van der Waals surface area contributed by atoms with Crippen molar-refractivity contribution in [1.29, 1.82) is 0 Å². The topological polar surface area (TPSA) is 67.8 Å². The second-order valence-corrected chi connectivity index (χ2v) is 7.41. The van der Waals surface area contributed by atoms with Crippen LogP contribution < -0.4 is 5.32 Å². The number of aromatic nitrogens is 2. The Morgan fingerprint density at radius 3 is 3.00 bits per heavy atom. The van der Waals surface area contributed by atoms with Gasteiger partial charge in [-0.15, -0.1) is 0 Å². The molecule has 1 saturated carbocycles. The third kappa shape index (κ3) is 4.71. The van der Waals surface area contributed by atoms with E-state index in [0.29, 0.717) is 12.6 Å². The van der Waals surface area contributed by atoms with Gasteiger partial charge < -0.3 is 19.4 Å². The molecule has 1 atom stereocenters. The van der Waals surface area contributed by atoms with Gasteiger partial charge in [0.15, 0.2) is 5.96 Å². The van der Waals surface area contributed by atoms with E-state index in [1.165, 1.54) is 25.7 Å². The molecule has 7 nitrogen and oxygen atoms in total. The number of nitrogens with zero attached hydrogens (tertiary/aromatic N) is 4. The van der Waals surface area contributed by atoms with Crippen LogP contribution in [-0.2, 0) is 18.2 Å². The van der Waals surface area contributed by atoms with Gasteiger partial charge >= 0.3 is 0 Å². The molecule has 1 aliphatic carbocycles. The SMILES string of the molecule is Cn1cc(C2CN(C(=NCCc3ccco3)NC3CCCC3)CCO2)cn1. The van der Waals surface area contributed by atoms with Crippen molar-refractivity contribution in [3.63, 3.8) is 0 Å². The molecule has 2 aromatic heterocycles. The lowest BCUT2D eigenvalue weighted by atomic mass is 10.1.